The second-order valence-corrected chi connectivity index (χ2v) is 2.24. The van der Waals surface area contributed by atoms with Crippen molar-refractivity contribution < 1.29 is 4.79 Å². The third-order valence-corrected chi connectivity index (χ3v) is 1.33. The summed E-state index contributed by atoms with van der Waals surface area (Å²) in [5.41, 5.74) is 5.78. The Labute approximate surface area is 65.1 Å². The van der Waals surface area contributed by atoms with Gasteiger partial charge >= 0.3 is 6.03 Å². The zero-order chi connectivity index (χ0) is 8.10. The van der Waals surface area contributed by atoms with Crippen LogP contribution in [0.4, 0.5) is 4.79 Å². The van der Waals surface area contributed by atoms with Gasteiger partial charge in [0, 0.05) is 18.7 Å². The van der Waals surface area contributed by atoms with Gasteiger partial charge in [-0.15, -0.1) is 0 Å². The lowest BCUT2D eigenvalue weighted by molar-refractivity contribution is 0.251. The largest absolute Gasteiger partial charge is 0.391 e. The Morgan fingerprint density at radius 2 is 2.55 bits per heavy atom. The summed E-state index contributed by atoms with van der Waals surface area (Å²) in [7, 11) is 0. The molecule has 0 fully saturated rings. The van der Waals surface area contributed by atoms with Crippen LogP contribution in [-0.2, 0) is 0 Å². The Bertz CT molecular complexity index is 208. The SMILES string of the molecule is NC(=O)NC1=CC=CNCC1. The normalized spacial score (nSPS) is 16.2. The van der Waals surface area contributed by atoms with E-state index in [9.17, 15) is 4.79 Å². The molecule has 0 bridgehead atoms. The molecule has 1 aliphatic rings. The van der Waals surface area contributed by atoms with Gasteiger partial charge in [-0.25, -0.2) is 4.79 Å². The third-order valence-electron chi connectivity index (χ3n) is 1.33. The summed E-state index contributed by atoms with van der Waals surface area (Å²) in [6.07, 6.45) is 6.27. The van der Waals surface area contributed by atoms with Gasteiger partial charge in [0.05, 0.1) is 0 Å². The summed E-state index contributed by atoms with van der Waals surface area (Å²) in [6, 6.07) is -0.508. The zero-order valence-electron chi connectivity index (χ0n) is 6.13. The predicted molar refractivity (Wildman–Crippen MR) is 42.6 cm³/mol. The monoisotopic (exact) mass is 153 g/mol. The molecular weight excluding hydrogens is 142 g/mol. The van der Waals surface area contributed by atoms with E-state index in [-0.39, 0.29) is 0 Å². The van der Waals surface area contributed by atoms with E-state index < -0.39 is 6.03 Å². The molecule has 1 rings (SSSR count). The van der Waals surface area contributed by atoms with Crippen molar-refractivity contribution in [2.45, 2.75) is 6.42 Å². The number of urea groups is 1. The van der Waals surface area contributed by atoms with Crippen LogP contribution in [0.2, 0.25) is 0 Å². The Kier molecular flexibility index (Phi) is 2.54. The quantitative estimate of drug-likeness (QED) is 0.498. The average Bonchev–Trinajstić information content (AvgIpc) is 2.14. The van der Waals surface area contributed by atoms with Gasteiger partial charge in [-0.1, -0.05) is 0 Å². The summed E-state index contributed by atoms with van der Waals surface area (Å²) in [5.74, 6) is 0. The molecule has 0 aromatic carbocycles. The highest BCUT2D eigenvalue weighted by atomic mass is 16.2. The fraction of sp³-hybridized carbons (Fsp3) is 0.286. The number of allylic oxidation sites excluding steroid dienone is 2. The summed E-state index contributed by atoms with van der Waals surface area (Å²) in [5, 5.41) is 5.56. The van der Waals surface area contributed by atoms with Crippen molar-refractivity contribution in [3.8, 4) is 0 Å². The van der Waals surface area contributed by atoms with Crippen LogP contribution in [0.5, 0.6) is 0 Å². The van der Waals surface area contributed by atoms with Crippen LogP contribution in [0.15, 0.2) is 24.0 Å². The maximum Gasteiger partial charge on any atom is 0.316 e. The zero-order valence-corrected chi connectivity index (χ0v) is 6.13. The van der Waals surface area contributed by atoms with Gasteiger partial charge in [0.25, 0.3) is 0 Å². The second-order valence-electron chi connectivity index (χ2n) is 2.24. The Hall–Kier alpha value is -1.45. The minimum absolute atomic E-state index is 0.508. The van der Waals surface area contributed by atoms with Crippen molar-refractivity contribution in [2.75, 3.05) is 6.54 Å². The summed E-state index contributed by atoms with van der Waals surface area (Å²) < 4.78 is 0. The molecule has 0 saturated carbocycles. The van der Waals surface area contributed by atoms with E-state index in [0.29, 0.717) is 0 Å². The van der Waals surface area contributed by atoms with Crippen LogP contribution in [0, 0.1) is 0 Å². The first-order chi connectivity index (χ1) is 5.29. The molecule has 60 valence electrons. The van der Waals surface area contributed by atoms with E-state index in [0.717, 1.165) is 18.7 Å². The van der Waals surface area contributed by atoms with Crippen LogP contribution >= 0.6 is 0 Å². The van der Waals surface area contributed by atoms with Crippen LogP contribution in [-0.4, -0.2) is 12.6 Å². The standard InChI is InChI=1S/C7H11N3O/c8-7(11)10-6-2-1-4-9-5-3-6/h1-2,4,9H,3,5H2,(H3,8,10,11). The highest BCUT2D eigenvalue weighted by Gasteiger charge is 1.99. The first-order valence-electron chi connectivity index (χ1n) is 3.44. The van der Waals surface area contributed by atoms with Crippen LogP contribution < -0.4 is 16.4 Å². The fourth-order valence-electron chi connectivity index (χ4n) is 0.868. The number of hydrogen-bond acceptors (Lipinski definition) is 2. The molecule has 11 heavy (non-hydrogen) atoms. The molecule has 0 unspecified atom stereocenters. The lowest BCUT2D eigenvalue weighted by Crippen LogP contribution is -2.29. The molecule has 1 heterocycles. The van der Waals surface area contributed by atoms with Gasteiger partial charge in [0.15, 0.2) is 0 Å². The number of carbonyl (C=O) groups excluding carboxylic acids is 1. The van der Waals surface area contributed by atoms with Crippen LogP contribution in [0.1, 0.15) is 6.42 Å². The van der Waals surface area contributed by atoms with E-state index in [1.807, 2.05) is 18.4 Å². The lowest BCUT2D eigenvalue weighted by atomic mass is 10.3. The van der Waals surface area contributed by atoms with Gasteiger partial charge in [-0.2, -0.15) is 0 Å². The number of hydrogen-bond donors (Lipinski definition) is 3. The van der Waals surface area contributed by atoms with E-state index in [1.165, 1.54) is 0 Å². The molecule has 0 spiro atoms. The molecule has 1 aliphatic heterocycles. The molecular formula is C7H11N3O. The molecule has 0 aromatic rings. The number of nitrogens with one attached hydrogen (secondary N) is 2. The molecule has 2 amide bonds. The molecule has 4 nitrogen and oxygen atoms in total. The first kappa shape index (κ1) is 7.65. The molecule has 0 atom stereocenters. The fourth-order valence-corrected chi connectivity index (χ4v) is 0.868. The van der Waals surface area contributed by atoms with Crippen molar-refractivity contribution in [3.05, 3.63) is 24.0 Å². The van der Waals surface area contributed by atoms with E-state index in [1.54, 1.807) is 0 Å². The highest BCUT2D eigenvalue weighted by Crippen LogP contribution is 1.98. The van der Waals surface area contributed by atoms with E-state index in [4.69, 9.17) is 5.73 Å². The maximum absolute atomic E-state index is 10.4. The lowest BCUT2D eigenvalue weighted by Gasteiger charge is -2.04. The Balaban J connectivity index is 2.49. The molecule has 0 saturated heterocycles. The minimum Gasteiger partial charge on any atom is -0.391 e. The average molecular weight is 153 g/mol. The molecule has 4 N–H and O–H groups in total. The summed E-state index contributed by atoms with van der Waals surface area (Å²) >= 11 is 0. The van der Waals surface area contributed by atoms with Gasteiger partial charge in [0.2, 0.25) is 0 Å². The maximum atomic E-state index is 10.4. The third kappa shape index (κ3) is 2.75. The van der Waals surface area contributed by atoms with Crippen LogP contribution in [0.25, 0.3) is 0 Å². The smallest absolute Gasteiger partial charge is 0.316 e. The van der Waals surface area contributed by atoms with Gasteiger partial charge in [-0.05, 0) is 18.4 Å². The van der Waals surface area contributed by atoms with Crippen molar-refractivity contribution in [3.63, 3.8) is 0 Å². The molecule has 0 aliphatic carbocycles. The summed E-state index contributed by atoms with van der Waals surface area (Å²) in [4.78, 5) is 10.4. The van der Waals surface area contributed by atoms with E-state index in [2.05, 4.69) is 10.6 Å². The van der Waals surface area contributed by atoms with Crippen molar-refractivity contribution in [1.82, 2.24) is 10.6 Å². The van der Waals surface area contributed by atoms with Crippen molar-refractivity contribution in [1.29, 1.82) is 0 Å². The number of amides is 2. The Morgan fingerprint density at radius 3 is 3.27 bits per heavy atom. The first-order valence-corrected chi connectivity index (χ1v) is 3.44. The molecule has 0 radical (unpaired) electrons. The van der Waals surface area contributed by atoms with Crippen molar-refractivity contribution >= 4 is 6.03 Å². The van der Waals surface area contributed by atoms with Crippen LogP contribution in [0.3, 0.4) is 0 Å². The number of nitrogens with two attached hydrogens (primary N) is 1. The van der Waals surface area contributed by atoms with Crippen molar-refractivity contribution in [2.24, 2.45) is 5.73 Å². The van der Waals surface area contributed by atoms with Gasteiger partial charge in [0.1, 0.15) is 0 Å². The highest BCUT2D eigenvalue weighted by molar-refractivity contribution is 5.73. The molecule has 4 heteroatoms. The minimum atomic E-state index is -0.508. The number of carbonyl (C=O) groups is 1. The topological polar surface area (TPSA) is 67.2 Å². The Morgan fingerprint density at radius 1 is 1.73 bits per heavy atom. The number of primary amides is 1. The van der Waals surface area contributed by atoms with Gasteiger partial charge < -0.3 is 16.4 Å². The van der Waals surface area contributed by atoms with Gasteiger partial charge in [-0.3, -0.25) is 0 Å². The number of rotatable bonds is 1. The van der Waals surface area contributed by atoms with E-state index >= 15 is 0 Å². The second kappa shape index (κ2) is 3.65. The summed E-state index contributed by atoms with van der Waals surface area (Å²) in [6.45, 7) is 0.822. The molecule has 0 aromatic heterocycles. The predicted octanol–water partition coefficient (Wildman–Crippen LogP) is 0.0456.